The zero-order valence-corrected chi connectivity index (χ0v) is 20.0. The van der Waals surface area contributed by atoms with E-state index in [2.05, 4.69) is 19.2 Å². The van der Waals surface area contributed by atoms with Crippen LogP contribution in [0.4, 0.5) is 0 Å². The van der Waals surface area contributed by atoms with E-state index in [-0.39, 0.29) is 17.8 Å². The SMILES string of the molecule is CCCOCCOC(=O)C1=C(C)NC2=C(C(=O)CC(C)(C)C2)[C@H]1c1ccc(Cl)c(Cl)c1. The molecule has 0 amide bonds. The molecule has 0 saturated heterocycles. The van der Waals surface area contributed by atoms with Crippen molar-refractivity contribution in [1.29, 1.82) is 0 Å². The molecule has 0 aromatic heterocycles. The number of ether oxygens (including phenoxy) is 2. The van der Waals surface area contributed by atoms with Gasteiger partial charge in [0.05, 0.1) is 22.2 Å². The number of carbonyl (C=O) groups is 2. The number of rotatable bonds is 7. The zero-order valence-electron chi connectivity index (χ0n) is 18.4. The fraction of sp³-hybridized carbons (Fsp3) is 0.500. The Hall–Kier alpha value is -1.82. The highest BCUT2D eigenvalue weighted by atomic mass is 35.5. The Kier molecular flexibility index (Phi) is 7.51. The maximum Gasteiger partial charge on any atom is 0.336 e. The number of Topliss-reactive ketones (excluding diaryl/α,β-unsaturated/α-hetero) is 1. The third-order valence-corrected chi connectivity index (χ3v) is 6.28. The molecule has 0 bridgehead atoms. The number of ketones is 1. The molecule has 1 N–H and O–H groups in total. The first-order valence-corrected chi connectivity index (χ1v) is 11.3. The van der Waals surface area contributed by atoms with E-state index in [4.69, 9.17) is 32.7 Å². The van der Waals surface area contributed by atoms with Gasteiger partial charge in [-0.2, -0.15) is 0 Å². The molecule has 1 atom stereocenters. The minimum Gasteiger partial charge on any atom is -0.460 e. The first-order valence-electron chi connectivity index (χ1n) is 10.6. The predicted molar refractivity (Wildman–Crippen MR) is 122 cm³/mol. The standard InChI is InChI=1S/C24H29Cl2NO4/c1-5-8-30-9-10-31-23(29)20-14(2)27-18-12-24(3,4)13-19(28)22(18)21(20)15-6-7-16(25)17(26)11-15/h6-7,11,21,27H,5,8-10,12-13H2,1-4H3/t21-/m0/s1. The van der Waals surface area contributed by atoms with E-state index in [9.17, 15) is 9.59 Å². The van der Waals surface area contributed by atoms with Gasteiger partial charge in [0.1, 0.15) is 6.61 Å². The second kappa shape index (κ2) is 9.76. The van der Waals surface area contributed by atoms with Gasteiger partial charge in [-0.1, -0.05) is 50.0 Å². The van der Waals surface area contributed by atoms with Crippen LogP contribution < -0.4 is 5.32 Å². The molecule has 0 unspecified atom stereocenters. The molecular formula is C24H29Cl2NO4. The number of nitrogens with one attached hydrogen (secondary N) is 1. The molecule has 5 nitrogen and oxygen atoms in total. The smallest absolute Gasteiger partial charge is 0.336 e. The summed E-state index contributed by atoms with van der Waals surface area (Å²) in [6.45, 7) is 9.10. The van der Waals surface area contributed by atoms with Gasteiger partial charge < -0.3 is 14.8 Å². The fourth-order valence-electron chi connectivity index (χ4n) is 4.25. The van der Waals surface area contributed by atoms with Gasteiger partial charge in [-0.05, 0) is 42.9 Å². The molecule has 1 aliphatic carbocycles. The molecule has 0 fully saturated rings. The largest absolute Gasteiger partial charge is 0.460 e. The van der Waals surface area contributed by atoms with Crippen LogP contribution >= 0.6 is 23.2 Å². The van der Waals surface area contributed by atoms with Gasteiger partial charge in [-0.3, -0.25) is 4.79 Å². The Bertz CT molecular complexity index is 949. The topological polar surface area (TPSA) is 64.6 Å². The number of carbonyl (C=O) groups excluding carboxylic acids is 2. The molecule has 168 valence electrons. The van der Waals surface area contributed by atoms with Crippen molar-refractivity contribution < 1.29 is 19.1 Å². The molecule has 1 aliphatic heterocycles. The molecule has 1 heterocycles. The van der Waals surface area contributed by atoms with E-state index in [0.717, 1.165) is 24.1 Å². The first kappa shape index (κ1) is 23.8. The molecule has 1 aromatic rings. The van der Waals surface area contributed by atoms with Crippen LogP contribution in [-0.4, -0.2) is 31.6 Å². The summed E-state index contributed by atoms with van der Waals surface area (Å²) in [5.41, 5.74) is 3.15. The summed E-state index contributed by atoms with van der Waals surface area (Å²) in [7, 11) is 0. The first-order chi connectivity index (χ1) is 14.6. The van der Waals surface area contributed by atoms with Crippen LogP contribution in [0.1, 0.15) is 58.4 Å². The number of esters is 1. The number of allylic oxidation sites excluding steroid dienone is 3. The van der Waals surface area contributed by atoms with Crippen molar-refractivity contribution in [3.05, 3.63) is 56.3 Å². The van der Waals surface area contributed by atoms with E-state index in [0.29, 0.717) is 46.5 Å². The fourth-order valence-corrected chi connectivity index (χ4v) is 4.56. The van der Waals surface area contributed by atoms with Crippen molar-refractivity contribution in [3.63, 3.8) is 0 Å². The van der Waals surface area contributed by atoms with Gasteiger partial charge in [0.15, 0.2) is 5.78 Å². The molecule has 1 aromatic carbocycles. The van der Waals surface area contributed by atoms with Crippen molar-refractivity contribution in [2.24, 2.45) is 5.41 Å². The van der Waals surface area contributed by atoms with Crippen molar-refractivity contribution in [2.75, 3.05) is 19.8 Å². The Morgan fingerprint density at radius 1 is 1.16 bits per heavy atom. The Morgan fingerprint density at radius 2 is 1.90 bits per heavy atom. The molecule has 7 heteroatoms. The molecule has 2 aliphatic rings. The summed E-state index contributed by atoms with van der Waals surface area (Å²) in [5, 5.41) is 4.11. The second-order valence-electron chi connectivity index (χ2n) is 8.85. The normalized spacial score (nSPS) is 20.5. The van der Waals surface area contributed by atoms with Crippen LogP contribution in [-0.2, 0) is 19.1 Å². The number of hydrogen-bond acceptors (Lipinski definition) is 5. The van der Waals surface area contributed by atoms with Gasteiger partial charge in [0, 0.05) is 35.9 Å². The van der Waals surface area contributed by atoms with E-state index >= 15 is 0 Å². The van der Waals surface area contributed by atoms with Crippen molar-refractivity contribution in [1.82, 2.24) is 5.32 Å². The highest BCUT2D eigenvalue weighted by Crippen LogP contribution is 2.47. The van der Waals surface area contributed by atoms with Crippen LogP contribution in [0.5, 0.6) is 0 Å². The van der Waals surface area contributed by atoms with Gasteiger partial charge in [0.25, 0.3) is 0 Å². The molecule has 0 saturated carbocycles. The van der Waals surface area contributed by atoms with E-state index < -0.39 is 11.9 Å². The second-order valence-corrected chi connectivity index (χ2v) is 9.67. The van der Waals surface area contributed by atoms with Gasteiger partial charge in [-0.15, -0.1) is 0 Å². The minimum absolute atomic E-state index is 0.0268. The van der Waals surface area contributed by atoms with E-state index in [1.165, 1.54) is 0 Å². The van der Waals surface area contributed by atoms with Crippen molar-refractivity contribution in [3.8, 4) is 0 Å². The summed E-state index contributed by atoms with van der Waals surface area (Å²) >= 11 is 12.4. The maximum atomic E-state index is 13.2. The van der Waals surface area contributed by atoms with Gasteiger partial charge in [-0.25, -0.2) is 4.79 Å². The third kappa shape index (κ3) is 5.33. The highest BCUT2D eigenvalue weighted by molar-refractivity contribution is 6.42. The monoisotopic (exact) mass is 465 g/mol. The lowest BCUT2D eigenvalue weighted by atomic mass is 9.68. The molecular weight excluding hydrogens is 437 g/mol. The number of dihydropyridines is 1. The van der Waals surface area contributed by atoms with Crippen molar-refractivity contribution in [2.45, 2.75) is 52.9 Å². The summed E-state index contributed by atoms with van der Waals surface area (Å²) in [6.07, 6.45) is 2.03. The lowest BCUT2D eigenvalue weighted by Gasteiger charge is -2.39. The van der Waals surface area contributed by atoms with Crippen molar-refractivity contribution >= 4 is 35.0 Å². The van der Waals surface area contributed by atoms with Crippen LogP contribution in [0.15, 0.2) is 40.7 Å². The summed E-state index contributed by atoms with van der Waals surface area (Å²) in [4.78, 5) is 26.4. The Balaban J connectivity index is 1.99. The van der Waals surface area contributed by atoms with E-state index in [1.807, 2.05) is 19.9 Å². The summed E-state index contributed by atoms with van der Waals surface area (Å²) in [6, 6.07) is 5.23. The Labute approximate surface area is 193 Å². The van der Waals surface area contributed by atoms with Gasteiger partial charge in [0.2, 0.25) is 0 Å². The van der Waals surface area contributed by atoms with Crippen LogP contribution in [0.3, 0.4) is 0 Å². The highest BCUT2D eigenvalue weighted by Gasteiger charge is 2.43. The maximum absolute atomic E-state index is 13.2. The Morgan fingerprint density at radius 3 is 2.58 bits per heavy atom. The predicted octanol–water partition coefficient (Wildman–Crippen LogP) is 5.57. The van der Waals surface area contributed by atoms with Gasteiger partial charge >= 0.3 is 5.97 Å². The zero-order chi connectivity index (χ0) is 22.8. The lowest BCUT2D eigenvalue weighted by Crippen LogP contribution is -2.38. The van der Waals surface area contributed by atoms with Crippen LogP contribution in [0, 0.1) is 5.41 Å². The lowest BCUT2D eigenvalue weighted by molar-refractivity contribution is -0.141. The molecule has 0 spiro atoms. The number of benzene rings is 1. The molecule has 0 radical (unpaired) electrons. The minimum atomic E-state index is -0.557. The van der Waals surface area contributed by atoms with Crippen LogP contribution in [0.25, 0.3) is 0 Å². The summed E-state index contributed by atoms with van der Waals surface area (Å²) in [5.74, 6) is -0.997. The molecule has 3 rings (SSSR count). The number of hydrogen-bond donors (Lipinski definition) is 1. The average Bonchev–Trinajstić information content (AvgIpc) is 2.67. The quantitative estimate of drug-likeness (QED) is 0.421. The molecule has 31 heavy (non-hydrogen) atoms. The number of halogens is 2. The average molecular weight is 466 g/mol. The van der Waals surface area contributed by atoms with Crippen LogP contribution in [0.2, 0.25) is 10.0 Å². The summed E-state index contributed by atoms with van der Waals surface area (Å²) < 4.78 is 10.9. The third-order valence-electron chi connectivity index (χ3n) is 5.55. The van der Waals surface area contributed by atoms with E-state index in [1.54, 1.807) is 12.1 Å².